The van der Waals surface area contributed by atoms with E-state index < -0.39 is 0 Å². The van der Waals surface area contributed by atoms with Crippen LogP contribution in [0.25, 0.3) is 0 Å². The van der Waals surface area contributed by atoms with Gasteiger partial charge in [0.05, 0.1) is 22.6 Å². The fourth-order valence-electron chi connectivity index (χ4n) is 5.13. The van der Waals surface area contributed by atoms with Gasteiger partial charge in [0, 0.05) is 42.8 Å². The molecular formula is C27H27Cl2FN4O2S. The van der Waals surface area contributed by atoms with Crippen LogP contribution in [0.5, 0.6) is 0 Å². The first-order valence-electron chi connectivity index (χ1n) is 12.2. The molecule has 0 aliphatic carbocycles. The number of fused-ring (bicyclic) bond motifs is 1. The molecule has 0 bridgehead atoms. The summed E-state index contributed by atoms with van der Waals surface area (Å²) in [5.74, 6) is -0.272. The zero-order valence-electron chi connectivity index (χ0n) is 20.3. The van der Waals surface area contributed by atoms with Gasteiger partial charge in [-0.3, -0.25) is 9.69 Å². The average molecular weight is 562 g/mol. The van der Waals surface area contributed by atoms with Crippen molar-refractivity contribution in [2.75, 3.05) is 38.0 Å². The van der Waals surface area contributed by atoms with Crippen molar-refractivity contribution >= 4 is 52.2 Å². The first kappa shape index (κ1) is 26.0. The zero-order chi connectivity index (χ0) is 26.1. The van der Waals surface area contributed by atoms with Gasteiger partial charge >= 0.3 is 6.03 Å². The fourth-order valence-corrected chi connectivity index (χ4v) is 6.34. The zero-order valence-corrected chi connectivity index (χ0v) is 22.6. The molecule has 3 heterocycles. The monoisotopic (exact) mass is 560 g/mol. The van der Waals surface area contributed by atoms with E-state index in [1.165, 1.54) is 10.9 Å². The fraction of sp³-hybridized carbons (Fsp3) is 0.333. The van der Waals surface area contributed by atoms with Crippen molar-refractivity contribution in [1.82, 2.24) is 14.7 Å². The summed E-state index contributed by atoms with van der Waals surface area (Å²) >= 11 is 13.7. The highest BCUT2D eigenvalue weighted by atomic mass is 35.5. The summed E-state index contributed by atoms with van der Waals surface area (Å²) in [4.78, 5) is 33.3. The lowest BCUT2D eigenvalue weighted by Crippen LogP contribution is -2.58. The lowest BCUT2D eigenvalue weighted by molar-refractivity contribution is -0.135. The van der Waals surface area contributed by atoms with Crippen molar-refractivity contribution in [2.45, 2.75) is 25.4 Å². The molecule has 1 N–H and O–H groups in total. The molecule has 3 aromatic rings. The second-order valence-corrected chi connectivity index (χ2v) is 11.2. The van der Waals surface area contributed by atoms with Gasteiger partial charge in [-0.1, -0.05) is 35.3 Å². The van der Waals surface area contributed by atoms with Gasteiger partial charge in [0.2, 0.25) is 5.91 Å². The van der Waals surface area contributed by atoms with Crippen LogP contribution in [0.4, 0.5) is 14.9 Å². The Morgan fingerprint density at radius 3 is 2.68 bits per heavy atom. The van der Waals surface area contributed by atoms with E-state index in [0.29, 0.717) is 35.4 Å². The van der Waals surface area contributed by atoms with Gasteiger partial charge in [-0.15, -0.1) is 11.3 Å². The number of hydrogen-bond donors (Lipinski definition) is 1. The predicted molar refractivity (Wildman–Crippen MR) is 146 cm³/mol. The summed E-state index contributed by atoms with van der Waals surface area (Å²) in [6.45, 7) is 4.20. The van der Waals surface area contributed by atoms with Crippen LogP contribution in [0.2, 0.25) is 10.0 Å². The molecule has 2 aromatic carbocycles. The molecule has 1 fully saturated rings. The Morgan fingerprint density at radius 2 is 1.92 bits per heavy atom. The summed E-state index contributed by atoms with van der Waals surface area (Å²) in [7, 11) is 0. The van der Waals surface area contributed by atoms with Crippen LogP contribution < -0.4 is 5.32 Å². The third-order valence-electron chi connectivity index (χ3n) is 6.98. The molecule has 0 saturated carbocycles. The number of benzene rings is 2. The van der Waals surface area contributed by atoms with Crippen LogP contribution in [0.3, 0.4) is 0 Å². The molecule has 2 aliphatic heterocycles. The lowest BCUT2D eigenvalue weighted by Gasteiger charge is -2.41. The van der Waals surface area contributed by atoms with E-state index in [9.17, 15) is 14.0 Å². The minimum atomic E-state index is -0.282. The first-order chi connectivity index (χ1) is 17.8. The largest absolute Gasteiger partial charge is 0.338 e. The molecule has 5 rings (SSSR count). The molecule has 37 heavy (non-hydrogen) atoms. The number of carbonyl (C=O) groups is 2. The van der Waals surface area contributed by atoms with Gasteiger partial charge in [0.1, 0.15) is 5.82 Å². The van der Waals surface area contributed by atoms with E-state index >= 15 is 0 Å². The molecule has 0 spiro atoms. The Kier molecular flexibility index (Phi) is 7.72. The topological polar surface area (TPSA) is 55.9 Å². The molecule has 2 atom stereocenters. The minimum Gasteiger partial charge on any atom is -0.338 e. The number of urea groups is 1. The smallest absolute Gasteiger partial charge is 0.322 e. The molecule has 194 valence electrons. The quantitative estimate of drug-likeness (QED) is 0.431. The summed E-state index contributed by atoms with van der Waals surface area (Å²) in [5.41, 5.74) is 2.56. The number of anilines is 1. The van der Waals surface area contributed by atoms with Crippen LogP contribution in [0.1, 0.15) is 29.0 Å². The van der Waals surface area contributed by atoms with E-state index in [1.807, 2.05) is 17.9 Å². The van der Waals surface area contributed by atoms with Gasteiger partial charge < -0.3 is 15.1 Å². The summed E-state index contributed by atoms with van der Waals surface area (Å²) < 4.78 is 14.1. The normalized spacial score (nSPS) is 20.0. The van der Waals surface area contributed by atoms with Gasteiger partial charge in [-0.25, -0.2) is 9.18 Å². The lowest BCUT2D eigenvalue weighted by atomic mass is 9.93. The standard InChI is InChI=1S/C27H27Cl2FN4O2S/c1-17-15-32(10-11-34(17)27(36)31-20-5-6-22(28)23(29)14-20)25(35)16-33-9-7-24-21(8-12-37-24)26(33)18-3-2-4-19(30)13-18/h2-6,8,12-14,17,26H,7,9-11,15-16H2,1H3,(H,31,36)/t17-,26-/m0/s1. The van der Waals surface area contributed by atoms with Gasteiger partial charge in [-0.05, 0) is 66.2 Å². The van der Waals surface area contributed by atoms with Crippen LogP contribution in [-0.2, 0) is 11.2 Å². The number of halogens is 3. The van der Waals surface area contributed by atoms with Crippen LogP contribution in [0, 0.1) is 5.82 Å². The number of carbonyl (C=O) groups excluding carboxylic acids is 2. The molecule has 1 aromatic heterocycles. The van der Waals surface area contributed by atoms with Gasteiger partial charge in [0.15, 0.2) is 0 Å². The van der Waals surface area contributed by atoms with Crippen molar-refractivity contribution < 1.29 is 14.0 Å². The number of piperazine rings is 1. The van der Waals surface area contributed by atoms with Crippen molar-refractivity contribution in [3.8, 4) is 0 Å². The highest BCUT2D eigenvalue weighted by Crippen LogP contribution is 2.38. The summed E-state index contributed by atoms with van der Waals surface area (Å²) in [5, 5.41) is 5.71. The number of nitrogens with zero attached hydrogens (tertiary/aromatic N) is 3. The Balaban J connectivity index is 1.24. The maximum atomic E-state index is 14.1. The molecule has 3 amide bonds. The molecule has 6 nitrogen and oxygen atoms in total. The Hall–Kier alpha value is -2.65. The molecular weight excluding hydrogens is 534 g/mol. The van der Waals surface area contributed by atoms with Crippen molar-refractivity contribution in [3.63, 3.8) is 0 Å². The molecule has 0 radical (unpaired) electrons. The highest BCUT2D eigenvalue weighted by Gasteiger charge is 2.34. The van der Waals surface area contributed by atoms with Gasteiger partial charge in [-0.2, -0.15) is 0 Å². The van der Waals surface area contributed by atoms with E-state index in [-0.39, 0.29) is 36.4 Å². The SMILES string of the molecule is C[C@H]1CN(C(=O)CN2CCc3sccc3[C@@H]2c2cccc(F)c2)CCN1C(=O)Nc1ccc(Cl)c(Cl)c1. The number of rotatable bonds is 4. The maximum Gasteiger partial charge on any atom is 0.322 e. The van der Waals surface area contributed by atoms with Crippen LogP contribution >= 0.6 is 34.5 Å². The summed E-state index contributed by atoms with van der Waals surface area (Å²) in [6.07, 6.45) is 0.866. The Morgan fingerprint density at radius 1 is 1.08 bits per heavy atom. The van der Waals surface area contributed by atoms with E-state index in [4.69, 9.17) is 23.2 Å². The molecule has 10 heteroatoms. The number of thiophene rings is 1. The first-order valence-corrected chi connectivity index (χ1v) is 13.8. The predicted octanol–water partition coefficient (Wildman–Crippen LogP) is 5.91. The third kappa shape index (κ3) is 5.62. The van der Waals surface area contributed by atoms with Gasteiger partial charge in [0.25, 0.3) is 0 Å². The summed E-state index contributed by atoms with van der Waals surface area (Å²) in [6, 6.07) is 13.1. The molecule has 0 unspecified atom stereocenters. The second kappa shape index (κ2) is 11.0. The van der Waals surface area contributed by atoms with Crippen molar-refractivity contribution in [3.05, 3.63) is 85.8 Å². The molecule has 1 saturated heterocycles. The Labute approximate surface area is 229 Å². The van der Waals surface area contributed by atoms with E-state index in [1.54, 1.807) is 46.6 Å². The second-order valence-electron chi connectivity index (χ2n) is 9.42. The minimum absolute atomic E-state index is 0.0106. The number of amides is 3. The maximum absolute atomic E-state index is 14.1. The van der Waals surface area contributed by atoms with Crippen LogP contribution in [0.15, 0.2) is 53.9 Å². The average Bonchev–Trinajstić information content (AvgIpc) is 3.35. The Bertz CT molecular complexity index is 1320. The molecule has 2 aliphatic rings. The van der Waals surface area contributed by atoms with E-state index in [2.05, 4.69) is 21.7 Å². The van der Waals surface area contributed by atoms with Crippen molar-refractivity contribution in [2.24, 2.45) is 0 Å². The number of hydrogen-bond acceptors (Lipinski definition) is 4. The van der Waals surface area contributed by atoms with Crippen molar-refractivity contribution in [1.29, 1.82) is 0 Å². The highest BCUT2D eigenvalue weighted by molar-refractivity contribution is 7.10. The third-order valence-corrected chi connectivity index (χ3v) is 8.72. The number of nitrogens with one attached hydrogen (secondary N) is 1. The van der Waals surface area contributed by atoms with E-state index in [0.717, 1.165) is 24.1 Å². The van der Waals surface area contributed by atoms with Crippen LogP contribution in [-0.4, -0.2) is 65.4 Å².